The lowest BCUT2D eigenvalue weighted by atomic mass is 10.2. The molecule has 6 heteroatoms. The van der Waals surface area contributed by atoms with Gasteiger partial charge >= 0.3 is 5.97 Å². The Morgan fingerprint density at radius 1 is 0.708 bits per heavy atom. The summed E-state index contributed by atoms with van der Waals surface area (Å²) in [6.07, 6.45) is 4.89. The number of ether oxygens (including phenoxy) is 5. The van der Waals surface area contributed by atoms with Crippen LogP contribution in [0.5, 0.6) is 0 Å². The first kappa shape index (κ1) is 23.1. The summed E-state index contributed by atoms with van der Waals surface area (Å²) in [5, 5.41) is 0. The molecule has 0 heterocycles. The van der Waals surface area contributed by atoms with Crippen LogP contribution >= 0.6 is 0 Å². The Bertz CT molecular complexity index is 306. The summed E-state index contributed by atoms with van der Waals surface area (Å²) in [5.41, 5.74) is 0.389. The second-order valence-corrected chi connectivity index (χ2v) is 5.43. The van der Waals surface area contributed by atoms with E-state index in [0.717, 1.165) is 13.0 Å². The second kappa shape index (κ2) is 18.4. The van der Waals surface area contributed by atoms with Gasteiger partial charge in [0.05, 0.1) is 46.2 Å². The average Bonchev–Trinajstić information content (AvgIpc) is 2.57. The normalized spacial score (nSPS) is 10.8. The molecule has 0 aliphatic carbocycles. The maximum Gasteiger partial charge on any atom is 0.333 e. The van der Waals surface area contributed by atoms with Crippen LogP contribution in [0.15, 0.2) is 12.2 Å². The summed E-state index contributed by atoms with van der Waals surface area (Å²) in [4.78, 5) is 11.1. The van der Waals surface area contributed by atoms with E-state index in [1.54, 1.807) is 6.92 Å². The molecule has 0 aliphatic heterocycles. The van der Waals surface area contributed by atoms with Crippen LogP contribution < -0.4 is 0 Å². The number of rotatable bonds is 18. The number of hydrogen-bond acceptors (Lipinski definition) is 6. The predicted molar refractivity (Wildman–Crippen MR) is 93.2 cm³/mol. The number of hydrogen-bond donors (Lipinski definition) is 0. The Kier molecular flexibility index (Phi) is 17.7. The highest BCUT2D eigenvalue weighted by Crippen LogP contribution is 1.98. The maximum absolute atomic E-state index is 11.1. The molecule has 0 atom stereocenters. The SMILES string of the molecule is C=C(C)C(=O)OCCOCCOCCOCCOCCCCCC. The van der Waals surface area contributed by atoms with Gasteiger partial charge in [-0.1, -0.05) is 32.8 Å². The highest BCUT2D eigenvalue weighted by atomic mass is 16.6. The minimum Gasteiger partial charge on any atom is -0.460 e. The molecule has 0 radical (unpaired) electrons. The third-order valence-corrected chi connectivity index (χ3v) is 3.07. The maximum atomic E-state index is 11.1. The summed E-state index contributed by atoms with van der Waals surface area (Å²) < 4.78 is 26.4. The van der Waals surface area contributed by atoms with Crippen molar-refractivity contribution < 1.29 is 28.5 Å². The average molecular weight is 346 g/mol. The first-order valence-corrected chi connectivity index (χ1v) is 8.82. The summed E-state index contributed by atoms with van der Waals surface area (Å²) >= 11 is 0. The molecule has 0 rings (SSSR count). The van der Waals surface area contributed by atoms with Crippen molar-refractivity contribution in [3.8, 4) is 0 Å². The van der Waals surface area contributed by atoms with Gasteiger partial charge in [0.25, 0.3) is 0 Å². The molecule has 0 aromatic heterocycles. The summed E-state index contributed by atoms with van der Waals surface area (Å²) in [5.74, 6) is -0.392. The van der Waals surface area contributed by atoms with Gasteiger partial charge in [-0.3, -0.25) is 0 Å². The van der Waals surface area contributed by atoms with E-state index in [1.165, 1.54) is 19.3 Å². The van der Waals surface area contributed by atoms with Crippen LogP contribution in [0, 0.1) is 0 Å². The van der Waals surface area contributed by atoms with Crippen molar-refractivity contribution in [2.24, 2.45) is 0 Å². The van der Waals surface area contributed by atoms with Gasteiger partial charge in [-0.15, -0.1) is 0 Å². The smallest absolute Gasteiger partial charge is 0.333 e. The monoisotopic (exact) mass is 346 g/mol. The Morgan fingerprint density at radius 3 is 1.62 bits per heavy atom. The lowest BCUT2D eigenvalue weighted by Crippen LogP contribution is -2.14. The van der Waals surface area contributed by atoms with Gasteiger partial charge in [0.1, 0.15) is 6.61 Å². The number of unbranched alkanes of at least 4 members (excludes halogenated alkanes) is 3. The number of carbonyl (C=O) groups is 1. The van der Waals surface area contributed by atoms with Crippen LogP contribution in [-0.2, 0) is 28.5 Å². The van der Waals surface area contributed by atoms with Crippen molar-refractivity contribution in [3.63, 3.8) is 0 Å². The third-order valence-electron chi connectivity index (χ3n) is 3.07. The molecule has 0 N–H and O–H groups in total. The topological polar surface area (TPSA) is 63.2 Å². The Labute approximate surface area is 146 Å². The second-order valence-electron chi connectivity index (χ2n) is 5.43. The van der Waals surface area contributed by atoms with Crippen LogP contribution in [0.3, 0.4) is 0 Å². The van der Waals surface area contributed by atoms with Crippen molar-refractivity contribution in [2.75, 3.05) is 59.5 Å². The van der Waals surface area contributed by atoms with Crippen LogP contribution in [0.1, 0.15) is 39.5 Å². The van der Waals surface area contributed by atoms with E-state index in [9.17, 15) is 4.79 Å². The molecular weight excluding hydrogens is 312 g/mol. The van der Waals surface area contributed by atoms with Gasteiger partial charge in [-0.25, -0.2) is 4.79 Å². The van der Waals surface area contributed by atoms with E-state index in [-0.39, 0.29) is 6.61 Å². The predicted octanol–water partition coefficient (Wildman–Crippen LogP) is 2.75. The molecule has 0 saturated carbocycles. The van der Waals surface area contributed by atoms with Gasteiger partial charge in [-0.05, 0) is 13.3 Å². The fourth-order valence-electron chi connectivity index (χ4n) is 1.71. The molecule has 0 aromatic carbocycles. The van der Waals surface area contributed by atoms with Gasteiger partial charge < -0.3 is 23.7 Å². The lowest BCUT2D eigenvalue weighted by Gasteiger charge is -2.08. The van der Waals surface area contributed by atoms with Crippen molar-refractivity contribution >= 4 is 5.97 Å². The van der Waals surface area contributed by atoms with Gasteiger partial charge in [0.2, 0.25) is 0 Å². The summed E-state index contributed by atoms with van der Waals surface area (Å²) in [7, 11) is 0. The first-order valence-electron chi connectivity index (χ1n) is 8.82. The first-order chi connectivity index (χ1) is 11.7. The molecule has 0 unspecified atom stereocenters. The minimum atomic E-state index is -0.392. The molecule has 0 saturated heterocycles. The Morgan fingerprint density at radius 2 is 1.17 bits per heavy atom. The lowest BCUT2D eigenvalue weighted by molar-refractivity contribution is -0.140. The third kappa shape index (κ3) is 17.4. The molecule has 0 amide bonds. The van der Waals surface area contributed by atoms with Crippen LogP contribution in [0.4, 0.5) is 0 Å². The van der Waals surface area contributed by atoms with Crippen LogP contribution in [-0.4, -0.2) is 65.4 Å². The highest BCUT2D eigenvalue weighted by Gasteiger charge is 2.01. The van der Waals surface area contributed by atoms with E-state index < -0.39 is 5.97 Å². The molecule has 0 bridgehead atoms. The van der Waals surface area contributed by atoms with Crippen molar-refractivity contribution in [2.45, 2.75) is 39.5 Å². The standard InChI is InChI=1S/C18H34O6/c1-4-5-6-7-8-20-9-10-21-11-12-22-13-14-23-15-16-24-18(19)17(2)3/h2,4-16H2,1,3H3. The molecule has 0 aliphatic rings. The van der Waals surface area contributed by atoms with E-state index >= 15 is 0 Å². The van der Waals surface area contributed by atoms with Crippen molar-refractivity contribution in [1.29, 1.82) is 0 Å². The van der Waals surface area contributed by atoms with Gasteiger partial charge in [-0.2, -0.15) is 0 Å². The zero-order valence-corrected chi connectivity index (χ0v) is 15.3. The fraction of sp³-hybridized carbons (Fsp3) is 0.833. The largest absolute Gasteiger partial charge is 0.460 e. The summed E-state index contributed by atoms with van der Waals surface area (Å²) in [6, 6.07) is 0. The van der Waals surface area contributed by atoms with E-state index in [1.807, 2.05) is 0 Å². The molecule has 0 aromatic rings. The quantitative estimate of drug-likeness (QED) is 0.216. The zero-order chi connectivity index (χ0) is 17.9. The van der Waals surface area contributed by atoms with Crippen molar-refractivity contribution in [3.05, 3.63) is 12.2 Å². The highest BCUT2D eigenvalue weighted by molar-refractivity contribution is 5.86. The minimum absolute atomic E-state index is 0.229. The van der Waals surface area contributed by atoms with E-state index in [4.69, 9.17) is 23.7 Å². The van der Waals surface area contributed by atoms with Gasteiger partial charge in [0.15, 0.2) is 0 Å². The van der Waals surface area contributed by atoms with Crippen LogP contribution in [0.2, 0.25) is 0 Å². The summed E-state index contributed by atoms with van der Waals surface area (Å²) in [6.45, 7) is 12.0. The molecule has 142 valence electrons. The molecule has 24 heavy (non-hydrogen) atoms. The Balaban J connectivity index is 3.05. The van der Waals surface area contributed by atoms with E-state index in [0.29, 0.717) is 51.8 Å². The number of esters is 1. The zero-order valence-electron chi connectivity index (χ0n) is 15.3. The van der Waals surface area contributed by atoms with Crippen molar-refractivity contribution in [1.82, 2.24) is 0 Å². The Hall–Kier alpha value is -0.950. The number of carbonyl (C=O) groups excluding carboxylic acids is 1. The molecular formula is C18H34O6. The molecule has 0 fully saturated rings. The van der Waals surface area contributed by atoms with E-state index in [2.05, 4.69) is 13.5 Å². The molecule has 0 spiro atoms. The van der Waals surface area contributed by atoms with Gasteiger partial charge in [0, 0.05) is 12.2 Å². The van der Waals surface area contributed by atoms with Crippen LogP contribution in [0.25, 0.3) is 0 Å². The fourth-order valence-corrected chi connectivity index (χ4v) is 1.71. The molecule has 6 nitrogen and oxygen atoms in total.